The SMILES string of the molecule is CNS(=O)(=O)c1ccc(-n2ccc(NC(=O)N[C@H]3CCOc4c(Cl)cccc43)n2)cc1. The average molecular weight is 462 g/mol. The number of ether oxygens (including phenoxy) is 1. The average Bonchev–Trinajstić information content (AvgIpc) is 3.23. The van der Waals surface area contributed by atoms with E-state index in [0.717, 1.165) is 5.56 Å². The van der Waals surface area contributed by atoms with E-state index < -0.39 is 16.1 Å². The lowest BCUT2D eigenvalue weighted by atomic mass is 10.0. The van der Waals surface area contributed by atoms with E-state index >= 15 is 0 Å². The third kappa shape index (κ3) is 4.50. The number of aromatic nitrogens is 2. The lowest BCUT2D eigenvalue weighted by Gasteiger charge is -2.27. The standard InChI is InChI=1S/C20H20ClN5O4S/c1-22-31(28,29)14-7-5-13(6-8-14)26-11-9-18(25-26)24-20(27)23-17-10-12-30-19-15(17)3-2-4-16(19)21/h2-9,11,17,22H,10,12H2,1H3,(H2,23,24,25,27)/t17-/m0/s1. The maximum Gasteiger partial charge on any atom is 0.320 e. The fourth-order valence-corrected chi connectivity index (χ4v) is 4.24. The first-order valence-electron chi connectivity index (χ1n) is 9.46. The van der Waals surface area contributed by atoms with Crippen LogP contribution in [0.1, 0.15) is 18.0 Å². The van der Waals surface area contributed by atoms with Gasteiger partial charge in [0.05, 0.1) is 28.3 Å². The highest BCUT2D eigenvalue weighted by Gasteiger charge is 2.25. The molecular weight excluding hydrogens is 442 g/mol. The largest absolute Gasteiger partial charge is 0.492 e. The van der Waals surface area contributed by atoms with Crippen LogP contribution < -0.4 is 20.1 Å². The molecule has 1 aliphatic rings. The van der Waals surface area contributed by atoms with Crippen LogP contribution in [0.2, 0.25) is 5.02 Å². The summed E-state index contributed by atoms with van der Waals surface area (Å²) in [5.74, 6) is 0.941. The zero-order valence-electron chi connectivity index (χ0n) is 16.5. The van der Waals surface area contributed by atoms with E-state index in [0.29, 0.717) is 35.3 Å². The topological polar surface area (TPSA) is 114 Å². The first-order valence-corrected chi connectivity index (χ1v) is 11.3. The van der Waals surface area contributed by atoms with E-state index in [4.69, 9.17) is 16.3 Å². The van der Waals surface area contributed by atoms with Crippen molar-refractivity contribution in [2.45, 2.75) is 17.4 Å². The molecule has 1 atom stereocenters. The van der Waals surface area contributed by atoms with Gasteiger partial charge in [-0.05, 0) is 37.4 Å². The second-order valence-electron chi connectivity index (χ2n) is 6.79. The maximum absolute atomic E-state index is 12.5. The van der Waals surface area contributed by atoms with E-state index in [1.165, 1.54) is 23.9 Å². The second-order valence-corrected chi connectivity index (χ2v) is 9.09. The number of rotatable bonds is 5. The fourth-order valence-electron chi connectivity index (χ4n) is 3.28. The molecule has 31 heavy (non-hydrogen) atoms. The quantitative estimate of drug-likeness (QED) is 0.540. The molecule has 0 aliphatic carbocycles. The minimum atomic E-state index is -3.51. The molecule has 2 heterocycles. The number of nitrogens with one attached hydrogen (secondary N) is 3. The number of carbonyl (C=O) groups excluding carboxylic acids is 1. The summed E-state index contributed by atoms with van der Waals surface area (Å²) in [7, 11) is -2.15. The smallest absolute Gasteiger partial charge is 0.320 e. The van der Waals surface area contributed by atoms with E-state index in [2.05, 4.69) is 20.5 Å². The Morgan fingerprint density at radius 1 is 1.19 bits per heavy atom. The van der Waals surface area contributed by atoms with E-state index in [9.17, 15) is 13.2 Å². The zero-order chi connectivity index (χ0) is 22.0. The second kappa shape index (κ2) is 8.58. The molecule has 162 valence electrons. The predicted molar refractivity (Wildman–Crippen MR) is 116 cm³/mol. The normalized spacial score (nSPS) is 15.6. The van der Waals surface area contributed by atoms with Crippen LogP contribution in [-0.2, 0) is 10.0 Å². The molecule has 3 N–H and O–H groups in total. The van der Waals surface area contributed by atoms with Crippen molar-refractivity contribution < 1.29 is 17.9 Å². The van der Waals surface area contributed by atoms with Crippen molar-refractivity contribution in [2.24, 2.45) is 0 Å². The number of nitrogens with zero attached hydrogens (tertiary/aromatic N) is 2. The summed E-state index contributed by atoms with van der Waals surface area (Å²) < 4.78 is 33.1. The van der Waals surface area contributed by atoms with Crippen LogP contribution in [0.15, 0.2) is 59.6 Å². The molecule has 0 fully saturated rings. The molecule has 0 unspecified atom stereocenters. The Balaban J connectivity index is 1.43. The molecular formula is C20H20ClN5O4S. The van der Waals surface area contributed by atoms with Crippen molar-refractivity contribution in [3.63, 3.8) is 0 Å². The van der Waals surface area contributed by atoms with Gasteiger partial charge < -0.3 is 10.1 Å². The summed E-state index contributed by atoms with van der Waals surface area (Å²) in [4.78, 5) is 12.6. The highest BCUT2D eigenvalue weighted by atomic mass is 35.5. The van der Waals surface area contributed by atoms with Gasteiger partial charge >= 0.3 is 6.03 Å². The highest BCUT2D eigenvalue weighted by Crippen LogP contribution is 2.37. The Morgan fingerprint density at radius 3 is 2.71 bits per heavy atom. The van der Waals surface area contributed by atoms with Gasteiger partial charge in [0.2, 0.25) is 10.0 Å². The van der Waals surface area contributed by atoms with Crippen molar-refractivity contribution in [3.8, 4) is 11.4 Å². The molecule has 3 aromatic rings. The van der Waals surface area contributed by atoms with Crippen molar-refractivity contribution in [1.82, 2.24) is 19.8 Å². The number of hydrogen-bond acceptors (Lipinski definition) is 5. The number of hydrogen-bond donors (Lipinski definition) is 3. The summed E-state index contributed by atoms with van der Waals surface area (Å²) in [6.07, 6.45) is 2.29. The molecule has 4 rings (SSSR count). The molecule has 0 saturated heterocycles. The first-order chi connectivity index (χ1) is 14.9. The van der Waals surface area contributed by atoms with Gasteiger partial charge in [-0.1, -0.05) is 23.7 Å². The minimum Gasteiger partial charge on any atom is -0.492 e. The monoisotopic (exact) mass is 461 g/mol. The fraction of sp³-hybridized carbons (Fsp3) is 0.200. The Morgan fingerprint density at radius 2 is 1.97 bits per heavy atom. The molecule has 0 saturated carbocycles. The van der Waals surface area contributed by atoms with Gasteiger partial charge in [0, 0.05) is 24.2 Å². The van der Waals surface area contributed by atoms with E-state index in [1.54, 1.807) is 30.5 Å². The molecule has 2 aromatic carbocycles. The summed E-state index contributed by atoms with van der Waals surface area (Å²) in [6, 6.07) is 12.7. The van der Waals surface area contributed by atoms with Crippen LogP contribution >= 0.6 is 11.6 Å². The summed E-state index contributed by atoms with van der Waals surface area (Å²) in [6.45, 7) is 0.454. The summed E-state index contributed by atoms with van der Waals surface area (Å²) in [5.41, 5.74) is 1.48. The Kier molecular flexibility index (Phi) is 5.86. The number of sulfonamides is 1. The Labute approximate surface area is 184 Å². The maximum atomic E-state index is 12.5. The van der Waals surface area contributed by atoms with Crippen LogP contribution in [0.3, 0.4) is 0 Å². The van der Waals surface area contributed by atoms with Gasteiger partial charge in [0.15, 0.2) is 5.82 Å². The van der Waals surface area contributed by atoms with Gasteiger partial charge in [-0.2, -0.15) is 0 Å². The van der Waals surface area contributed by atoms with Gasteiger partial charge in [0.25, 0.3) is 0 Å². The number of halogens is 1. The van der Waals surface area contributed by atoms with Crippen molar-refractivity contribution >= 4 is 33.5 Å². The van der Waals surface area contributed by atoms with Gasteiger partial charge in [-0.3, -0.25) is 5.32 Å². The number of carbonyl (C=O) groups is 1. The number of benzene rings is 2. The molecule has 0 radical (unpaired) electrons. The number of para-hydroxylation sites is 1. The van der Waals surface area contributed by atoms with Crippen LogP contribution in [0.4, 0.5) is 10.6 Å². The highest BCUT2D eigenvalue weighted by molar-refractivity contribution is 7.89. The summed E-state index contributed by atoms with van der Waals surface area (Å²) in [5, 5.41) is 10.5. The lowest BCUT2D eigenvalue weighted by Crippen LogP contribution is -2.35. The van der Waals surface area contributed by atoms with E-state index in [-0.39, 0.29) is 10.9 Å². The predicted octanol–water partition coefficient (Wildman–Crippen LogP) is 3.08. The van der Waals surface area contributed by atoms with Gasteiger partial charge in [-0.15, -0.1) is 5.10 Å². The molecule has 1 aromatic heterocycles. The molecule has 0 spiro atoms. The summed E-state index contributed by atoms with van der Waals surface area (Å²) >= 11 is 6.17. The lowest BCUT2D eigenvalue weighted by molar-refractivity contribution is 0.232. The number of urea groups is 1. The molecule has 1 aliphatic heterocycles. The number of amides is 2. The van der Waals surface area contributed by atoms with Gasteiger partial charge in [0.1, 0.15) is 5.75 Å². The van der Waals surface area contributed by atoms with Crippen molar-refractivity contribution in [3.05, 3.63) is 65.3 Å². The van der Waals surface area contributed by atoms with Crippen molar-refractivity contribution in [1.29, 1.82) is 0 Å². The molecule has 0 bridgehead atoms. The Bertz CT molecular complexity index is 1210. The Hall–Kier alpha value is -3.08. The van der Waals surface area contributed by atoms with Crippen LogP contribution in [-0.4, -0.2) is 37.9 Å². The third-order valence-electron chi connectivity index (χ3n) is 4.84. The number of fused-ring (bicyclic) bond motifs is 1. The van der Waals surface area contributed by atoms with E-state index in [1.807, 2.05) is 12.1 Å². The minimum absolute atomic E-state index is 0.153. The molecule has 2 amide bonds. The number of anilines is 1. The zero-order valence-corrected chi connectivity index (χ0v) is 18.1. The van der Waals surface area contributed by atoms with Crippen LogP contribution in [0, 0.1) is 0 Å². The van der Waals surface area contributed by atoms with Crippen LogP contribution in [0.25, 0.3) is 5.69 Å². The van der Waals surface area contributed by atoms with Crippen LogP contribution in [0.5, 0.6) is 5.75 Å². The van der Waals surface area contributed by atoms with Gasteiger partial charge in [-0.25, -0.2) is 22.6 Å². The molecule has 9 nitrogen and oxygen atoms in total. The first kappa shape index (κ1) is 21.2. The van der Waals surface area contributed by atoms with Crippen molar-refractivity contribution in [2.75, 3.05) is 19.0 Å². The molecule has 11 heteroatoms. The third-order valence-corrected chi connectivity index (χ3v) is 6.57.